The summed E-state index contributed by atoms with van der Waals surface area (Å²) in [5, 5.41) is 11.5. The van der Waals surface area contributed by atoms with Crippen LogP contribution in [0, 0.1) is 6.92 Å². The van der Waals surface area contributed by atoms with Gasteiger partial charge in [-0.15, -0.1) is 11.3 Å². The molecule has 2 heterocycles. The normalized spacial score (nSPS) is 11.2. The number of fused-ring (bicyclic) bond motifs is 1. The number of benzene rings is 3. The molecule has 5 aromatic rings. The third-order valence-corrected chi connectivity index (χ3v) is 10.5. The monoisotopic (exact) mass is 764 g/mol. The van der Waals surface area contributed by atoms with E-state index in [1.165, 1.54) is 30.5 Å². The number of aromatic nitrogens is 2. The van der Waals surface area contributed by atoms with Gasteiger partial charge in [0, 0.05) is 64.9 Å². The Morgan fingerprint density at radius 3 is 2.21 bits per heavy atom. The van der Waals surface area contributed by atoms with E-state index in [1.54, 1.807) is 53.5 Å². The number of unbranched alkanes of at least 4 members (excludes halogenated alkanes) is 1. The number of amides is 3. The summed E-state index contributed by atoms with van der Waals surface area (Å²) in [5.41, 5.74) is 2.89. The molecule has 0 unspecified atom stereocenters. The molecule has 0 saturated carbocycles. The number of nitrogens with zero attached hydrogens (tertiary/aromatic N) is 2. The lowest BCUT2D eigenvalue weighted by Crippen LogP contribution is -2.28. The van der Waals surface area contributed by atoms with Crippen molar-refractivity contribution in [3.63, 3.8) is 0 Å². The predicted molar refractivity (Wildman–Crippen MR) is 201 cm³/mol. The Labute approximate surface area is 309 Å². The van der Waals surface area contributed by atoms with Crippen LogP contribution < -0.4 is 25.4 Å². The molecule has 0 atom stereocenters. The van der Waals surface area contributed by atoms with E-state index in [1.807, 2.05) is 13.0 Å². The summed E-state index contributed by atoms with van der Waals surface area (Å²) in [4.78, 5) is 55.1. The van der Waals surface area contributed by atoms with Crippen LogP contribution in [0.2, 0.25) is 5.02 Å². The zero-order valence-corrected chi connectivity index (χ0v) is 30.8. The smallest absolute Gasteiger partial charge is 0.263 e. The molecule has 52 heavy (non-hydrogen) atoms. The van der Waals surface area contributed by atoms with Crippen LogP contribution in [0.1, 0.15) is 47.3 Å². The molecule has 0 radical (unpaired) electrons. The SMILES string of the molecule is COc1ccc2c(c1)c(CC(=O)NCCCCNC(=O)CCC(=O)Nc1ccc(S(=O)(=O)Nc3nccs3)cc1)c(C)n2C(=O)c1ccc(Cl)cc1. The van der Waals surface area contributed by atoms with Crippen molar-refractivity contribution in [3.05, 3.63) is 100 Å². The van der Waals surface area contributed by atoms with Gasteiger partial charge in [-0.05, 0) is 92.1 Å². The third-order valence-electron chi connectivity index (χ3n) is 8.10. The molecule has 3 amide bonds. The maximum absolute atomic E-state index is 13.5. The van der Waals surface area contributed by atoms with Crippen LogP contribution in [0.5, 0.6) is 5.75 Å². The molecule has 4 N–H and O–H groups in total. The molecule has 16 heteroatoms. The summed E-state index contributed by atoms with van der Waals surface area (Å²) in [6.07, 6.45) is 2.69. The number of carbonyl (C=O) groups excluding carboxylic acids is 4. The van der Waals surface area contributed by atoms with Gasteiger partial charge in [0.25, 0.3) is 15.9 Å². The number of halogens is 1. The summed E-state index contributed by atoms with van der Waals surface area (Å²) in [6.45, 7) is 2.58. The van der Waals surface area contributed by atoms with Gasteiger partial charge in [0.05, 0.1) is 23.9 Å². The highest BCUT2D eigenvalue weighted by molar-refractivity contribution is 7.93. The Hall–Kier alpha value is -5.25. The van der Waals surface area contributed by atoms with Gasteiger partial charge in [0.2, 0.25) is 17.7 Å². The second-order valence-electron chi connectivity index (χ2n) is 11.7. The van der Waals surface area contributed by atoms with Gasteiger partial charge in [0.1, 0.15) is 5.75 Å². The summed E-state index contributed by atoms with van der Waals surface area (Å²) in [5.74, 6) is -0.512. The number of hydrogen-bond acceptors (Lipinski definition) is 9. The number of sulfonamides is 1. The molecule has 0 aliphatic carbocycles. The number of hydrogen-bond donors (Lipinski definition) is 4. The highest BCUT2D eigenvalue weighted by Gasteiger charge is 2.22. The van der Waals surface area contributed by atoms with Crippen molar-refractivity contribution in [3.8, 4) is 5.75 Å². The number of methoxy groups -OCH3 is 1. The molecule has 13 nitrogen and oxygen atoms in total. The van der Waals surface area contributed by atoms with Crippen LogP contribution in [0.4, 0.5) is 10.8 Å². The second-order valence-corrected chi connectivity index (χ2v) is 14.7. The number of carbonyl (C=O) groups is 4. The van der Waals surface area contributed by atoms with Gasteiger partial charge in [0.15, 0.2) is 5.13 Å². The lowest BCUT2D eigenvalue weighted by Gasteiger charge is -2.09. The molecular weight excluding hydrogens is 728 g/mol. The molecule has 272 valence electrons. The third kappa shape index (κ3) is 9.75. The molecular formula is C36H37ClN6O7S2. The number of rotatable bonds is 16. The second kappa shape index (κ2) is 17.3. The first-order valence-corrected chi connectivity index (χ1v) is 19.0. The number of anilines is 2. The molecule has 0 fully saturated rings. The highest BCUT2D eigenvalue weighted by atomic mass is 35.5. The number of ether oxygens (including phenoxy) is 1. The van der Waals surface area contributed by atoms with Crippen LogP contribution in [-0.2, 0) is 30.8 Å². The van der Waals surface area contributed by atoms with Crippen molar-refractivity contribution in [2.24, 2.45) is 0 Å². The van der Waals surface area contributed by atoms with Gasteiger partial charge < -0.3 is 20.7 Å². The summed E-state index contributed by atoms with van der Waals surface area (Å²) in [6, 6.07) is 17.7. The molecule has 0 spiro atoms. The van der Waals surface area contributed by atoms with Crippen molar-refractivity contribution in [1.29, 1.82) is 0 Å². The van der Waals surface area contributed by atoms with Gasteiger partial charge >= 0.3 is 0 Å². The first-order chi connectivity index (χ1) is 24.9. The molecule has 5 rings (SSSR count). The molecule has 2 aromatic heterocycles. The van der Waals surface area contributed by atoms with Crippen molar-refractivity contribution < 1.29 is 32.3 Å². The Bertz CT molecular complexity index is 2170. The Kier molecular flexibility index (Phi) is 12.6. The van der Waals surface area contributed by atoms with Crippen LogP contribution >= 0.6 is 22.9 Å². The van der Waals surface area contributed by atoms with Gasteiger partial charge in [-0.2, -0.15) is 0 Å². The van der Waals surface area contributed by atoms with E-state index in [2.05, 4.69) is 25.7 Å². The molecule has 0 saturated heterocycles. The van der Waals surface area contributed by atoms with E-state index in [9.17, 15) is 27.6 Å². The zero-order chi connectivity index (χ0) is 37.3. The fraction of sp³-hybridized carbons (Fsp3) is 0.250. The number of thiazole rings is 1. The highest BCUT2D eigenvalue weighted by Crippen LogP contribution is 2.31. The van der Waals surface area contributed by atoms with E-state index in [0.29, 0.717) is 59.2 Å². The lowest BCUT2D eigenvalue weighted by atomic mass is 10.1. The van der Waals surface area contributed by atoms with E-state index < -0.39 is 10.0 Å². The predicted octanol–water partition coefficient (Wildman–Crippen LogP) is 5.53. The van der Waals surface area contributed by atoms with Crippen LogP contribution in [0.3, 0.4) is 0 Å². The number of nitrogens with one attached hydrogen (secondary N) is 4. The molecule has 0 aliphatic heterocycles. The minimum Gasteiger partial charge on any atom is -0.497 e. The lowest BCUT2D eigenvalue weighted by molar-refractivity contribution is -0.124. The minimum atomic E-state index is -3.81. The zero-order valence-electron chi connectivity index (χ0n) is 28.4. The fourth-order valence-corrected chi connectivity index (χ4v) is 7.34. The molecule has 3 aromatic carbocycles. The topological polar surface area (TPSA) is 178 Å². The minimum absolute atomic E-state index is 0.0167. The Morgan fingerprint density at radius 1 is 0.885 bits per heavy atom. The Morgan fingerprint density at radius 2 is 1.56 bits per heavy atom. The molecule has 0 aliphatic rings. The standard InChI is InChI=1S/C36H37ClN6O7S2/c1-23-29(30-21-27(50-2)11-14-31(30)43(23)35(47)24-5-7-25(37)8-6-24)22-34(46)39-18-4-3-17-38-32(44)15-16-33(45)41-26-9-12-28(13-10-26)52(48,49)42-36-40-19-20-51-36/h5-14,19-21H,3-4,15-18,22H2,1-2H3,(H,38,44)(H,39,46)(H,40,42)(H,41,45). The maximum Gasteiger partial charge on any atom is 0.263 e. The first kappa shape index (κ1) is 38.0. The van der Waals surface area contributed by atoms with E-state index >= 15 is 0 Å². The average molecular weight is 765 g/mol. The first-order valence-electron chi connectivity index (χ1n) is 16.3. The van der Waals surface area contributed by atoms with E-state index in [-0.39, 0.29) is 52.9 Å². The van der Waals surface area contributed by atoms with E-state index in [0.717, 1.165) is 22.3 Å². The largest absolute Gasteiger partial charge is 0.497 e. The summed E-state index contributed by atoms with van der Waals surface area (Å²) >= 11 is 7.17. The van der Waals surface area contributed by atoms with Crippen LogP contribution in [0.25, 0.3) is 10.9 Å². The molecule has 0 bridgehead atoms. The van der Waals surface area contributed by atoms with Crippen molar-refractivity contribution >= 4 is 78.3 Å². The van der Waals surface area contributed by atoms with Crippen molar-refractivity contribution in [2.45, 2.75) is 43.9 Å². The Balaban J connectivity index is 1.03. The summed E-state index contributed by atoms with van der Waals surface area (Å²) < 4.78 is 34.3. The van der Waals surface area contributed by atoms with E-state index in [4.69, 9.17) is 16.3 Å². The fourth-order valence-electron chi connectivity index (χ4n) is 5.43. The van der Waals surface area contributed by atoms with Crippen molar-refractivity contribution in [1.82, 2.24) is 20.2 Å². The van der Waals surface area contributed by atoms with Crippen molar-refractivity contribution in [2.75, 3.05) is 30.2 Å². The van der Waals surface area contributed by atoms with Gasteiger partial charge in [-0.3, -0.25) is 28.5 Å². The van der Waals surface area contributed by atoms with Gasteiger partial charge in [-0.25, -0.2) is 13.4 Å². The maximum atomic E-state index is 13.5. The van der Waals surface area contributed by atoms with Crippen LogP contribution in [0.15, 0.2) is 83.2 Å². The summed E-state index contributed by atoms with van der Waals surface area (Å²) in [7, 11) is -2.25. The van der Waals surface area contributed by atoms with Crippen LogP contribution in [-0.4, -0.2) is 61.8 Å². The van der Waals surface area contributed by atoms with Gasteiger partial charge in [-0.1, -0.05) is 11.6 Å². The quantitative estimate of drug-likeness (QED) is 0.0948. The average Bonchev–Trinajstić information content (AvgIpc) is 3.73.